The van der Waals surface area contributed by atoms with Gasteiger partial charge in [0, 0.05) is 23.9 Å². The van der Waals surface area contributed by atoms with Crippen LogP contribution in [0.5, 0.6) is 0 Å². The van der Waals surface area contributed by atoms with Crippen molar-refractivity contribution in [2.45, 2.75) is 19.5 Å². The zero-order chi connectivity index (χ0) is 21.6. The summed E-state index contributed by atoms with van der Waals surface area (Å²) >= 11 is 0. The summed E-state index contributed by atoms with van der Waals surface area (Å²) < 4.78 is 7.26. The van der Waals surface area contributed by atoms with Crippen LogP contribution in [0.15, 0.2) is 89.7 Å². The molecule has 0 saturated carbocycles. The monoisotopic (exact) mass is 414 g/mol. The van der Waals surface area contributed by atoms with Gasteiger partial charge in [0.2, 0.25) is 5.91 Å². The summed E-state index contributed by atoms with van der Waals surface area (Å²) in [6.07, 6.45) is 3.65. The topological polar surface area (TPSA) is 63.3 Å². The first kappa shape index (κ1) is 20.6. The summed E-state index contributed by atoms with van der Waals surface area (Å²) in [5.74, 6) is 0.689. The zero-order valence-electron chi connectivity index (χ0n) is 17.7. The average molecular weight is 415 g/mol. The molecule has 0 aliphatic carbocycles. The van der Waals surface area contributed by atoms with Crippen LogP contribution in [-0.4, -0.2) is 34.2 Å². The average Bonchev–Trinajstić information content (AvgIpc) is 3.45. The van der Waals surface area contributed by atoms with Gasteiger partial charge in [-0.1, -0.05) is 48.5 Å². The third-order valence-corrected chi connectivity index (χ3v) is 5.06. The molecule has 0 saturated heterocycles. The minimum atomic E-state index is -0.170. The molecule has 4 aromatic rings. The fourth-order valence-corrected chi connectivity index (χ4v) is 3.57. The quantitative estimate of drug-likeness (QED) is 0.463. The Labute approximate surface area is 182 Å². The summed E-state index contributed by atoms with van der Waals surface area (Å²) in [7, 11) is 1.94. The number of nitrogens with one attached hydrogen (secondary N) is 1. The highest BCUT2D eigenvalue weighted by Gasteiger charge is 2.17. The number of carbonyl (C=O) groups excluding carboxylic acids is 1. The maximum atomic E-state index is 12.5. The van der Waals surface area contributed by atoms with Gasteiger partial charge in [0.15, 0.2) is 0 Å². The number of para-hydroxylation sites is 1. The Balaban J connectivity index is 1.50. The number of benzene rings is 2. The molecule has 6 heteroatoms. The Bertz CT molecular complexity index is 1110. The van der Waals surface area contributed by atoms with Gasteiger partial charge in [-0.25, -0.2) is 4.68 Å². The fraction of sp³-hybridized carbons (Fsp3) is 0.200. The maximum absolute atomic E-state index is 12.5. The predicted octanol–water partition coefficient (Wildman–Crippen LogP) is 4.44. The second kappa shape index (κ2) is 9.45. The molecular weight excluding hydrogens is 388 g/mol. The largest absolute Gasteiger partial charge is 0.467 e. The number of likely N-dealkylation sites (N-methyl/N-ethyl adjacent to an activating group) is 1. The van der Waals surface area contributed by atoms with Gasteiger partial charge in [0.05, 0.1) is 30.2 Å². The lowest BCUT2D eigenvalue weighted by molar-refractivity contribution is -0.122. The van der Waals surface area contributed by atoms with Gasteiger partial charge in [0.25, 0.3) is 0 Å². The number of carbonyl (C=O) groups is 1. The van der Waals surface area contributed by atoms with Crippen LogP contribution in [0.4, 0.5) is 0 Å². The van der Waals surface area contributed by atoms with Crippen molar-refractivity contribution in [1.82, 2.24) is 20.0 Å². The Morgan fingerprint density at radius 1 is 1.06 bits per heavy atom. The summed E-state index contributed by atoms with van der Waals surface area (Å²) in [5, 5.41) is 7.82. The van der Waals surface area contributed by atoms with Gasteiger partial charge in [-0.2, -0.15) is 5.10 Å². The van der Waals surface area contributed by atoms with Crippen LogP contribution in [0, 0.1) is 0 Å². The van der Waals surface area contributed by atoms with Crippen LogP contribution in [0.1, 0.15) is 24.3 Å². The molecule has 4 rings (SSSR count). The van der Waals surface area contributed by atoms with Crippen LogP contribution in [-0.2, 0) is 11.3 Å². The molecule has 2 aromatic carbocycles. The van der Waals surface area contributed by atoms with Crippen molar-refractivity contribution in [2.75, 3.05) is 13.6 Å². The Morgan fingerprint density at radius 3 is 2.45 bits per heavy atom. The van der Waals surface area contributed by atoms with Crippen molar-refractivity contribution in [2.24, 2.45) is 0 Å². The third-order valence-electron chi connectivity index (χ3n) is 5.06. The lowest BCUT2D eigenvalue weighted by atomic mass is 10.1. The van der Waals surface area contributed by atoms with Crippen molar-refractivity contribution in [3.63, 3.8) is 0 Å². The molecule has 0 unspecified atom stereocenters. The molecule has 6 nitrogen and oxygen atoms in total. The fourth-order valence-electron chi connectivity index (χ4n) is 3.57. The first-order valence-electron chi connectivity index (χ1n) is 10.3. The van der Waals surface area contributed by atoms with Crippen molar-refractivity contribution >= 4 is 5.91 Å². The molecule has 0 spiro atoms. The van der Waals surface area contributed by atoms with Gasteiger partial charge < -0.3 is 9.73 Å². The molecule has 0 fully saturated rings. The molecule has 0 aliphatic heterocycles. The number of aromatic nitrogens is 2. The zero-order valence-corrected chi connectivity index (χ0v) is 17.7. The number of hydrogen-bond acceptors (Lipinski definition) is 4. The molecule has 0 radical (unpaired) electrons. The standard InChI is InChI=1S/C25H26N4O2/c1-19(23-14-9-15-31-23)26-24(30)18-28(2)16-21-17-29(22-12-7-4-8-13-22)27-25(21)20-10-5-3-6-11-20/h3-15,17,19H,16,18H2,1-2H3,(H,26,30)/t19-/m0/s1. The van der Waals surface area contributed by atoms with Crippen molar-refractivity contribution < 1.29 is 9.21 Å². The van der Waals surface area contributed by atoms with E-state index < -0.39 is 0 Å². The van der Waals surface area contributed by atoms with E-state index in [4.69, 9.17) is 9.52 Å². The van der Waals surface area contributed by atoms with E-state index in [2.05, 4.69) is 17.4 Å². The van der Waals surface area contributed by atoms with E-state index in [1.807, 2.05) is 90.4 Å². The van der Waals surface area contributed by atoms with E-state index in [9.17, 15) is 4.79 Å². The number of rotatable bonds is 8. The van der Waals surface area contributed by atoms with Gasteiger partial charge in [-0.3, -0.25) is 9.69 Å². The van der Waals surface area contributed by atoms with Gasteiger partial charge in [0.1, 0.15) is 5.76 Å². The number of amides is 1. The van der Waals surface area contributed by atoms with Crippen molar-refractivity contribution in [1.29, 1.82) is 0 Å². The van der Waals surface area contributed by atoms with E-state index in [0.29, 0.717) is 6.54 Å². The van der Waals surface area contributed by atoms with E-state index in [0.717, 1.165) is 28.3 Å². The molecule has 1 amide bonds. The van der Waals surface area contributed by atoms with Crippen LogP contribution < -0.4 is 5.32 Å². The Kier molecular flexibility index (Phi) is 6.29. The second-order valence-corrected chi connectivity index (χ2v) is 7.63. The lowest BCUT2D eigenvalue weighted by Crippen LogP contribution is -2.36. The minimum absolute atomic E-state index is 0.0527. The highest BCUT2D eigenvalue weighted by Crippen LogP contribution is 2.24. The predicted molar refractivity (Wildman–Crippen MR) is 121 cm³/mol. The molecular formula is C25H26N4O2. The van der Waals surface area contributed by atoms with Gasteiger partial charge in [-0.15, -0.1) is 0 Å². The molecule has 1 atom stereocenters. The molecule has 1 N–H and O–H groups in total. The molecule has 2 aromatic heterocycles. The first-order chi connectivity index (χ1) is 15.1. The minimum Gasteiger partial charge on any atom is -0.467 e. The van der Waals surface area contributed by atoms with E-state index >= 15 is 0 Å². The Hall–Kier alpha value is -3.64. The third kappa shape index (κ3) is 5.10. The summed E-state index contributed by atoms with van der Waals surface area (Å²) in [5.41, 5.74) is 4.03. The molecule has 31 heavy (non-hydrogen) atoms. The van der Waals surface area contributed by atoms with E-state index in [1.54, 1.807) is 6.26 Å². The number of hydrogen-bond donors (Lipinski definition) is 1. The van der Waals surface area contributed by atoms with E-state index in [-0.39, 0.29) is 18.5 Å². The van der Waals surface area contributed by atoms with E-state index in [1.165, 1.54) is 0 Å². The smallest absolute Gasteiger partial charge is 0.234 e. The summed E-state index contributed by atoms with van der Waals surface area (Å²) in [6, 6.07) is 23.7. The summed E-state index contributed by atoms with van der Waals surface area (Å²) in [4.78, 5) is 14.5. The lowest BCUT2D eigenvalue weighted by Gasteiger charge is -2.18. The van der Waals surface area contributed by atoms with Crippen LogP contribution in [0.25, 0.3) is 16.9 Å². The molecule has 158 valence electrons. The normalized spacial score (nSPS) is 12.1. The maximum Gasteiger partial charge on any atom is 0.234 e. The van der Waals surface area contributed by atoms with Gasteiger partial charge in [-0.05, 0) is 38.2 Å². The Morgan fingerprint density at radius 2 is 1.77 bits per heavy atom. The first-order valence-corrected chi connectivity index (χ1v) is 10.3. The van der Waals surface area contributed by atoms with Crippen LogP contribution in [0.3, 0.4) is 0 Å². The number of nitrogens with zero attached hydrogens (tertiary/aromatic N) is 3. The second-order valence-electron chi connectivity index (χ2n) is 7.63. The van der Waals surface area contributed by atoms with Crippen molar-refractivity contribution in [3.05, 3.63) is 96.6 Å². The molecule has 0 aliphatic rings. The summed E-state index contributed by atoms with van der Waals surface area (Å²) in [6.45, 7) is 2.78. The van der Waals surface area contributed by atoms with Crippen molar-refractivity contribution in [3.8, 4) is 16.9 Å². The highest BCUT2D eigenvalue weighted by molar-refractivity contribution is 5.78. The highest BCUT2D eigenvalue weighted by atomic mass is 16.3. The molecule has 0 bridgehead atoms. The van der Waals surface area contributed by atoms with Gasteiger partial charge >= 0.3 is 0 Å². The van der Waals surface area contributed by atoms with Crippen LogP contribution >= 0.6 is 0 Å². The SMILES string of the molecule is C[C@H](NC(=O)CN(C)Cc1cn(-c2ccccc2)nc1-c1ccccc1)c1ccco1. The molecule has 2 heterocycles. The van der Waals surface area contributed by atoms with Crippen LogP contribution in [0.2, 0.25) is 0 Å². The number of furan rings is 1.